The van der Waals surface area contributed by atoms with E-state index in [1.54, 1.807) is 50.2 Å². The Morgan fingerprint density at radius 1 is 0.887 bits per heavy atom. The number of H-pyrrole nitrogens is 1. The zero-order chi connectivity index (χ0) is 50.9. The number of benzene rings is 1. The number of unbranched alkanes of at least 4 members (excludes halogenated alkanes) is 1. The van der Waals surface area contributed by atoms with Gasteiger partial charge >= 0.3 is 15.6 Å². The molecule has 10 atom stereocenters. The van der Waals surface area contributed by atoms with E-state index in [2.05, 4.69) is 47.1 Å². The average Bonchev–Trinajstić information content (AvgIpc) is 4.13. The summed E-state index contributed by atoms with van der Waals surface area (Å²) in [6, 6.07) is 11.9. The van der Waals surface area contributed by atoms with Gasteiger partial charge in [0, 0.05) is 17.9 Å². The first-order valence-electron chi connectivity index (χ1n) is 21.6. The summed E-state index contributed by atoms with van der Waals surface area (Å²) in [5.74, 6) is -1.92. The lowest BCUT2D eigenvalue weighted by atomic mass is 10.1. The molecule has 0 bridgehead atoms. The summed E-state index contributed by atoms with van der Waals surface area (Å²) in [6.45, 7) is 3.32. The van der Waals surface area contributed by atoms with Gasteiger partial charge in [-0.1, -0.05) is 38.1 Å². The molecule has 0 spiro atoms. The number of aliphatic hydroxyl groups is 1. The normalized spacial score (nSPS) is 23.8. The van der Waals surface area contributed by atoms with Gasteiger partial charge in [-0.25, -0.2) is 37.8 Å². The number of ether oxygens (including phenoxy) is 2. The summed E-state index contributed by atoms with van der Waals surface area (Å²) in [4.78, 5) is 61.6. The van der Waals surface area contributed by atoms with E-state index >= 15 is 8.78 Å². The van der Waals surface area contributed by atoms with E-state index in [0.29, 0.717) is 5.56 Å². The highest BCUT2D eigenvalue weighted by molar-refractivity contribution is 7.48. The minimum atomic E-state index is -5.14. The molecule has 378 valence electrons. The predicted octanol–water partition coefficient (Wildman–Crippen LogP) is 4.73. The monoisotopic (exact) mass is 1030 g/mol. The highest BCUT2D eigenvalue weighted by atomic mass is 31.2. The number of hydrogen-bond donors (Lipinski definition) is 4. The largest absolute Gasteiger partial charge is 0.475 e. The van der Waals surface area contributed by atoms with Crippen LogP contribution < -0.4 is 16.2 Å². The number of nitrogens with one attached hydrogen (secondary N) is 3. The lowest BCUT2D eigenvalue weighted by molar-refractivity contribution is -0.118. The van der Waals surface area contributed by atoms with E-state index in [-0.39, 0.29) is 53.4 Å². The summed E-state index contributed by atoms with van der Waals surface area (Å²) in [5, 5.41) is 33.7. The summed E-state index contributed by atoms with van der Waals surface area (Å²) >= 11 is 0. The van der Waals surface area contributed by atoms with Crippen molar-refractivity contribution < 1.29 is 69.2 Å². The number of nitrogens with zero attached hydrogens (tertiary/aromatic N) is 9. The van der Waals surface area contributed by atoms with Crippen molar-refractivity contribution >= 4 is 61.6 Å². The van der Waals surface area contributed by atoms with E-state index in [4.69, 9.17) is 47.1 Å². The van der Waals surface area contributed by atoms with Crippen LogP contribution in [0.3, 0.4) is 0 Å². The van der Waals surface area contributed by atoms with Gasteiger partial charge in [-0.2, -0.15) is 15.5 Å². The fourth-order valence-electron chi connectivity index (χ4n) is 7.03. The molecule has 2 amide bonds. The second-order valence-corrected chi connectivity index (χ2v) is 18.9. The van der Waals surface area contributed by atoms with Crippen molar-refractivity contribution in [2.45, 2.75) is 82.3 Å². The maximum atomic E-state index is 17.1. The van der Waals surface area contributed by atoms with Gasteiger partial charge in [0.2, 0.25) is 11.9 Å². The Morgan fingerprint density at radius 2 is 1.52 bits per heavy atom. The first-order valence-corrected chi connectivity index (χ1v) is 24.6. The maximum Gasteiger partial charge on any atom is 0.475 e. The van der Waals surface area contributed by atoms with Crippen LogP contribution in [0.2, 0.25) is 0 Å². The van der Waals surface area contributed by atoms with Crippen LogP contribution in [0.4, 0.5) is 20.5 Å². The molecule has 71 heavy (non-hydrogen) atoms. The van der Waals surface area contributed by atoms with E-state index in [1.807, 2.05) is 6.07 Å². The molecule has 30 heteroatoms. The Morgan fingerprint density at radius 3 is 2.18 bits per heavy atom. The van der Waals surface area contributed by atoms with Crippen LogP contribution >= 0.6 is 15.6 Å². The number of anilines is 2. The third kappa shape index (κ3) is 12.1. The topological polar surface area (TPSA) is 341 Å². The van der Waals surface area contributed by atoms with Gasteiger partial charge in [0.15, 0.2) is 52.9 Å². The van der Waals surface area contributed by atoms with Gasteiger partial charge in [-0.05, 0) is 18.6 Å². The van der Waals surface area contributed by atoms with Crippen LogP contribution in [-0.2, 0) is 50.5 Å². The Balaban J connectivity index is 1.17. The van der Waals surface area contributed by atoms with Crippen LogP contribution in [0, 0.1) is 28.6 Å². The number of hydrogen-bond acceptors (Lipinski definition) is 21. The lowest BCUT2D eigenvalue weighted by Crippen LogP contribution is -2.36. The molecule has 2 aliphatic heterocycles. The van der Waals surface area contributed by atoms with Crippen molar-refractivity contribution in [2.24, 2.45) is 5.92 Å². The summed E-state index contributed by atoms with van der Waals surface area (Å²) in [5.41, 5.74) is -1.11. The molecule has 2 fully saturated rings. The number of phosphoric ester groups is 2. The molecular weight excluding hydrogens is 984 g/mol. The number of halogens is 2. The number of phosphoric acid groups is 2. The quantitative estimate of drug-likeness (QED) is 0.0369. The molecular formula is C41H46F2N12O14P2. The molecule has 2 saturated heterocycles. The number of nitriles is 2. The van der Waals surface area contributed by atoms with Crippen molar-refractivity contribution in [2.75, 3.05) is 43.7 Å². The van der Waals surface area contributed by atoms with Gasteiger partial charge < -0.3 is 19.9 Å². The summed E-state index contributed by atoms with van der Waals surface area (Å²) in [7, 11) is -9.96. The molecule has 26 nitrogen and oxygen atoms in total. The third-order valence-electron chi connectivity index (χ3n) is 10.5. The number of aromatic nitrogens is 8. The maximum absolute atomic E-state index is 17.1. The number of fused-ring (bicyclic) bond motifs is 2. The molecule has 6 unspecified atom stereocenters. The highest BCUT2D eigenvalue weighted by Gasteiger charge is 2.54. The number of aromatic amines is 1. The standard InChI is InChI=1S/C41H46F2N12O14P2/c1-4-15-62-70(60,64-17-10-14-45)69-32-26(67-40(28(32)43)55-22-49-30-35(55)51-41(53-38(30)59)52-36(57)23(2)3)19-65-71(61,63-16-9-8-13-44)68-31-25(18-56)66-39(27(31)42)54-21-48-29-33(46-20-47-34(29)54)50-37(58)24-11-6-5-7-12-24/h4-7,11-12,20-23,25-28,31-32,39-40,56H,1,8-10,15-19H2,2-3H3,(H,46,47,50,58)(H2,51,52,53,57,59)/t25?,26?,27-,28-,31-,32-,39?,40?,70?,71?/m1/s1. The average molecular weight is 1030 g/mol. The number of alkyl halides is 2. The van der Waals surface area contributed by atoms with Crippen molar-refractivity contribution in [3.05, 3.63) is 77.9 Å². The fourth-order valence-corrected chi connectivity index (χ4v) is 9.81. The van der Waals surface area contributed by atoms with Gasteiger partial charge in [0.25, 0.3) is 11.5 Å². The molecule has 1 aromatic carbocycles. The van der Waals surface area contributed by atoms with Gasteiger partial charge in [0.1, 0.15) is 30.7 Å². The molecule has 4 aromatic heterocycles. The van der Waals surface area contributed by atoms with Gasteiger partial charge in [-0.15, -0.1) is 6.58 Å². The number of imidazole rings is 2. The second kappa shape index (κ2) is 23.3. The SMILES string of the molecule is C=CCOP(=O)(OCCC#N)O[C@@H]1C(COP(=O)(OCCCC#N)O[C@@H]2C(CO)OC(n3cnc4c(NC(=O)c5ccccc5)ncnc43)[C@@H]2F)OC(n2cnc3c(=O)[nH]c(NC(=O)C(C)C)nc32)[C@@H]1F. The number of carbonyl (C=O) groups is 2. The summed E-state index contributed by atoms with van der Waals surface area (Å²) < 4.78 is 110. The van der Waals surface area contributed by atoms with Crippen molar-refractivity contribution in [1.82, 2.24) is 39.0 Å². The number of amides is 2. The number of aliphatic hydroxyl groups excluding tert-OH is 1. The van der Waals surface area contributed by atoms with E-state index in [0.717, 1.165) is 28.1 Å². The highest BCUT2D eigenvalue weighted by Crippen LogP contribution is 2.57. The van der Waals surface area contributed by atoms with Crippen molar-refractivity contribution in [3.63, 3.8) is 0 Å². The van der Waals surface area contributed by atoms with Crippen LogP contribution in [0.1, 0.15) is 55.9 Å². The lowest BCUT2D eigenvalue weighted by Gasteiger charge is -2.27. The minimum Gasteiger partial charge on any atom is -0.394 e. The molecule has 0 aliphatic carbocycles. The Kier molecular flexibility index (Phi) is 17.3. The van der Waals surface area contributed by atoms with Gasteiger partial charge in [0.05, 0.1) is 64.2 Å². The Labute approximate surface area is 401 Å². The zero-order valence-electron chi connectivity index (χ0n) is 37.7. The molecule has 6 heterocycles. The number of rotatable bonds is 24. The molecule has 4 N–H and O–H groups in total. The second-order valence-electron chi connectivity index (χ2n) is 15.7. The van der Waals surface area contributed by atoms with E-state index in [9.17, 15) is 28.6 Å². The van der Waals surface area contributed by atoms with Crippen LogP contribution in [0.15, 0.2) is 66.8 Å². The smallest absolute Gasteiger partial charge is 0.394 e. The van der Waals surface area contributed by atoms with Crippen LogP contribution in [0.25, 0.3) is 22.3 Å². The summed E-state index contributed by atoms with van der Waals surface area (Å²) in [6.07, 6.45) is -11.6. The molecule has 0 radical (unpaired) electrons. The Hall–Kier alpha value is -6.26. The fraction of sp³-hybridized carbons (Fsp3) is 0.463. The first kappa shape index (κ1) is 52.6. The number of carbonyl (C=O) groups excluding carboxylic acids is 2. The van der Waals surface area contributed by atoms with E-state index in [1.165, 1.54) is 6.08 Å². The van der Waals surface area contributed by atoms with Gasteiger partial charge in [-0.3, -0.25) is 61.0 Å². The van der Waals surface area contributed by atoms with Crippen LogP contribution in [0.5, 0.6) is 0 Å². The Bertz CT molecular complexity index is 2950. The first-order chi connectivity index (χ1) is 34.1. The van der Waals surface area contributed by atoms with E-state index < -0.39 is 121 Å². The molecule has 5 aromatic rings. The molecule has 0 saturated carbocycles. The third-order valence-corrected chi connectivity index (χ3v) is 13.4. The van der Waals surface area contributed by atoms with Crippen LogP contribution in [-0.4, -0.2) is 126 Å². The molecule has 7 rings (SSSR count). The minimum absolute atomic E-state index is 0.0201. The van der Waals surface area contributed by atoms with Crippen molar-refractivity contribution in [1.29, 1.82) is 10.5 Å². The zero-order valence-corrected chi connectivity index (χ0v) is 39.5. The van der Waals surface area contributed by atoms with Crippen molar-refractivity contribution in [3.8, 4) is 12.1 Å². The predicted molar refractivity (Wildman–Crippen MR) is 240 cm³/mol. The molecule has 2 aliphatic rings.